The molecule has 2 aromatic carbocycles. The number of methoxy groups -OCH3 is 3. The first-order chi connectivity index (χ1) is 15.6. The Kier molecular flexibility index (Phi) is 8.71. The number of ether oxygens (including phenoxy) is 4. The topological polar surface area (TPSA) is 76.6 Å². The standard InChI is InChI=1S/C24H34N4O4/c1-25-24(26-11-5-13-32-21-8-6-20(29-2)7-9-21)27-18-10-12-28(17-18)19-14-22(30-3)16-23(15-19)31-4/h6-9,14-16,18H,5,10-13,17H2,1-4H3,(H2,25,26,27). The molecule has 3 rings (SSSR count). The number of rotatable bonds is 10. The number of aliphatic imine (C=N–C) groups is 1. The highest BCUT2D eigenvalue weighted by Gasteiger charge is 2.24. The first-order valence-corrected chi connectivity index (χ1v) is 10.9. The quantitative estimate of drug-likeness (QED) is 0.333. The van der Waals surface area contributed by atoms with Crippen molar-refractivity contribution in [3.63, 3.8) is 0 Å². The number of nitrogens with one attached hydrogen (secondary N) is 2. The zero-order valence-corrected chi connectivity index (χ0v) is 19.4. The van der Waals surface area contributed by atoms with Gasteiger partial charge in [0.15, 0.2) is 5.96 Å². The van der Waals surface area contributed by atoms with Crippen LogP contribution in [0.4, 0.5) is 5.69 Å². The van der Waals surface area contributed by atoms with Crippen molar-refractivity contribution in [3.05, 3.63) is 42.5 Å². The second-order valence-electron chi connectivity index (χ2n) is 7.52. The lowest BCUT2D eigenvalue weighted by atomic mass is 10.2. The molecule has 0 saturated carbocycles. The summed E-state index contributed by atoms with van der Waals surface area (Å²) in [7, 11) is 6.79. The molecule has 1 atom stereocenters. The van der Waals surface area contributed by atoms with Crippen molar-refractivity contribution >= 4 is 11.6 Å². The molecule has 32 heavy (non-hydrogen) atoms. The Balaban J connectivity index is 1.40. The van der Waals surface area contributed by atoms with Crippen LogP contribution in [0.25, 0.3) is 0 Å². The highest BCUT2D eigenvalue weighted by molar-refractivity contribution is 5.80. The zero-order valence-electron chi connectivity index (χ0n) is 19.4. The van der Waals surface area contributed by atoms with Gasteiger partial charge >= 0.3 is 0 Å². The number of anilines is 1. The molecule has 0 aromatic heterocycles. The lowest BCUT2D eigenvalue weighted by Gasteiger charge is -2.21. The molecule has 1 heterocycles. The monoisotopic (exact) mass is 442 g/mol. The molecule has 1 aliphatic rings. The van der Waals surface area contributed by atoms with E-state index in [1.54, 1.807) is 28.4 Å². The first-order valence-electron chi connectivity index (χ1n) is 10.9. The summed E-state index contributed by atoms with van der Waals surface area (Å²) in [6.07, 6.45) is 1.90. The van der Waals surface area contributed by atoms with Crippen molar-refractivity contribution in [1.82, 2.24) is 10.6 Å². The normalized spacial score (nSPS) is 15.9. The van der Waals surface area contributed by atoms with E-state index in [2.05, 4.69) is 20.5 Å². The molecule has 174 valence electrons. The van der Waals surface area contributed by atoms with Gasteiger partial charge in [-0.25, -0.2) is 0 Å². The maximum atomic E-state index is 5.77. The molecule has 0 bridgehead atoms. The molecule has 0 spiro atoms. The molecule has 1 fully saturated rings. The summed E-state index contributed by atoms with van der Waals surface area (Å²) in [5.74, 6) is 4.07. The van der Waals surface area contributed by atoms with Crippen molar-refractivity contribution in [3.8, 4) is 23.0 Å². The summed E-state index contributed by atoms with van der Waals surface area (Å²) in [5, 5.41) is 6.90. The van der Waals surface area contributed by atoms with E-state index in [1.807, 2.05) is 42.5 Å². The highest BCUT2D eigenvalue weighted by atomic mass is 16.5. The minimum absolute atomic E-state index is 0.314. The number of hydrogen-bond donors (Lipinski definition) is 2. The van der Waals surface area contributed by atoms with E-state index in [0.29, 0.717) is 12.6 Å². The fourth-order valence-corrected chi connectivity index (χ4v) is 3.62. The second-order valence-corrected chi connectivity index (χ2v) is 7.52. The Bertz CT molecular complexity index is 851. The van der Waals surface area contributed by atoms with Crippen LogP contribution in [0.3, 0.4) is 0 Å². The number of hydrogen-bond acceptors (Lipinski definition) is 6. The maximum absolute atomic E-state index is 5.77. The van der Waals surface area contributed by atoms with Gasteiger partial charge in [0.25, 0.3) is 0 Å². The lowest BCUT2D eigenvalue weighted by molar-refractivity contribution is 0.310. The van der Waals surface area contributed by atoms with Crippen molar-refractivity contribution in [2.45, 2.75) is 18.9 Å². The molecule has 0 aliphatic carbocycles. The van der Waals surface area contributed by atoms with Crippen molar-refractivity contribution in [2.24, 2.45) is 4.99 Å². The molecule has 8 heteroatoms. The summed E-state index contributed by atoms with van der Waals surface area (Å²) in [6.45, 7) is 3.25. The van der Waals surface area contributed by atoms with Gasteiger partial charge in [0.2, 0.25) is 0 Å². The van der Waals surface area contributed by atoms with Gasteiger partial charge in [0.05, 0.1) is 27.9 Å². The number of benzene rings is 2. The van der Waals surface area contributed by atoms with E-state index in [-0.39, 0.29) is 0 Å². The summed E-state index contributed by atoms with van der Waals surface area (Å²) < 4.78 is 21.7. The van der Waals surface area contributed by atoms with Crippen LogP contribution >= 0.6 is 0 Å². The predicted octanol–water partition coefficient (Wildman–Crippen LogP) is 2.93. The number of guanidine groups is 1. The van der Waals surface area contributed by atoms with Crippen LogP contribution in [0, 0.1) is 0 Å². The molecular weight excluding hydrogens is 408 g/mol. The van der Waals surface area contributed by atoms with Crippen LogP contribution < -0.4 is 34.5 Å². The number of nitrogens with zero attached hydrogens (tertiary/aromatic N) is 2. The summed E-state index contributed by atoms with van der Waals surface area (Å²) in [4.78, 5) is 6.69. The molecule has 2 aromatic rings. The summed E-state index contributed by atoms with van der Waals surface area (Å²) in [6, 6.07) is 13.9. The fraction of sp³-hybridized carbons (Fsp3) is 0.458. The van der Waals surface area contributed by atoms with Crippen LogP contribution in [0.1, 0.15) is 12.8 Å². The molecule has 1 unspecified atom stereocenters. The van der Waals surface area contributed by atoms with Gasteiger partial charge in [0, 0.05) is 56.6 Å². The first kappa shape index (κ1) is 23.4. The average Bonchev–Trinajstić information content (AvgIpc) is 3.31. The third kappa shape index (κ3) is 6.60. The Morgan fingerprint density at radius 1 is 0.969 bits per heavy atom. The SMILES string of the molecule is CN=C(NCCCOc1ccc(OC)cc1)NC1CCN(c2cc(OC)cc(OC)c2)C1. The van der Waals surface area contributed by atoms with Gasteiger partial charge in [-0.1, -0.05) is 0 Å². The van der Waals surface area contributed by atoms with Crippen LogP contribution in [-0.2, 0) is 0 Å². The third-order valence-corrected chi connectivity index (χ3v) is 5.40. The van der Waals surface area contributed by atoms with E-state index in [0.717, 1.165) is 67.1 Å². The molecule has 1 aliphatic heterocycles. The minimum Gasteiger partial charge on any atom is -0.497 e. The van der Waals surface area contributed by atoms with Gasteiger partial charge in [-0.3, -0.25) is 4.99 Å². The summed E-state index contributed by atoms with van der Waals surface area (Å²) in [5.41, 5.74) is 1.10. The highest BCUT2D eigenvalue weighted by Crippen LogP contribution is 2.30. The molecule has 2 N–H and O–H groups in total. The van der Waals surface area contributed by atoms with E-state index in [4.69, 9.17) is 18.9 Å². The zero-order chi connectivity index (χ0) is 22.8. The van der Waals surface area contributed by atoms with Gasteiger partial charge in [0.1, 0.15) is 23.0 Å². The molecule has 8 nitrogen and oxygen atoms in total. The van der Waals surface area contributed by atoms with E-state index < -0.39 is 0 Å². The second kappa shape index (κ2) is 11.9. The van der Waals surface area contributed by atoms with Gasteiger partial charge < -0.3 is 34.5 Å². The van der Waals surface area contributed by atoms with Crippen LogP contribution in [0.2, 0.25) is 0 Å². The van der Waals surface area contributed by atoms with Crippen LogP contribution in [-0.4, -0.2) is 66.6 Å². The van der Waals surface area contributed by atoms with Crippen molar-refractivity contribution < 1.29 is 18.9 Å². The van der Waals surface area contributed by atoms with Gasteiger partial charge in [-0.05, 0) is 37.1 Å². The fourth-order valence-electron chi connectivity index (χ4n) is 3.62. The Morgan fingerprint density at radius 3 is 2.25 bits per heavy atom. The largest absolute Gasteiger partial charge is 0.497 e. The van der Waals surface area contributed by atoms with Crippen LogP contribution in [0.5, 0.6) is 23.0 Å². The molecular formula is C24H34N4O4. The molecule has 0 amide bonds. The average molecular weight is 443 g/mol. The van der Waals surface area contributed by atoms with E-state index >= 15 is 0 Å². The van der Waals surface area contributed by atoms with Crippen molar-refractivity contribution in [1.29, 1.82) is 0 Å². The van der Waals surface area contributed by atoms with Gasteiger partial charge in [-0.15, -0.1) is 0 Å². The third-order valence-electron chi connectivity index (χ3n) is 5.40. The van der Waals surface area contributed by atoms with E-state index in [9.17, 15) is 0 Å². The maximum Gasteiger partial charge on any atom is 0.191 e. The lowest BCUT2D eigenvalue weighted by Crippen LogP contribution is -2.45. The minimum atomic E-state index is 0.314. The van der Waals surface area contributed by atoms with E-state index in [1.165, 1.54) is 0 Å². The Labute approximate surface area is 190 Å². The Hall–Kier alpha value is -3.29. The summed E-state index contributed by atoms with van der Waals surface area (Å²) >= 11 is 0. The predicted molar refractivity (Wildman–Crippen MR) is 128 cm³/mol. The smallest absolute Gasteiger partial charge is 0.191 e. The van der Waals surface area contributed by atoms with Gasteiger partial charge in [-0.2, -0.15) is 0 Å². The van der Waals surface area contributed by atoms with Crippen LogP contribution in [0.15, 0.2) is 47.5 Å². The Morgan fingerprint density at radius 2 is 1.62 bits per heavy atom. The molecule has 1 saturated heterocycles. The van der Waals surface area contributed by atoms with Crippen molar-refractivity contribution in [2.75, 3.05) is 59.5 Å². The molecule has 0 radical (unpaired) electrons.